The Kier molecular flexibility index (Phi) is 6.05. The summed E-state index contributed by atoms with van der Waals surface area (Å²) in [4.78, 5) is 23.9. The molecule has 0 spiro atoms. The van der Waals surface area contributed by atoms with Crippen LogP contribution in [0, 0.1) is 17.0 Å². The Balaban J connectivity index is 1.82. The molecule has 0 unspecified atom stereocenters. The first-order chi connectivity index (χ1) is 12.8. The van der Waals surface area contributed by atoms with Crippen molar-refractivity contribution < 1.29 is 14.5 Å². The van der Waals surface area contributed by atoms with Gasteiger partial charge in [-0.2, -0.15) is 0 Å². The SMILES string of the molecule is Cc1sc(C(=O)NCC2(c3ccc(Cl)cc3Cl)CCOCC2)cc1[N+](=O)[O-]. The van der Waals surface area contributed by atoms with Crippen molar-refractivity contribution in [3.8, 4) is 0 Å². The smallest absolute Gasteiger partial charge is 0.283 e. The van der Waals surface area contributed by atoms with Crippen LogP contribution in [-0.2, 0) is 10.2 Å². The van der Waals surface area contributed by atoms with Crippen LogP contribution in [-0.4, -0.2) is 30.6 Å². The molecule has 1 aromatic heterocycles. The minimum atomic E-state index is -0.476. The molecule has 9 heteroatoms. The van der Waals surface area contributed by atoms with Crippen LogP contribution in [0.4, 0.5) is 5.69 Å². The molecule has 2 heterocycles. The molecule has 1 saturated heterocycles. The molecule has 0 radical (unpaired) electrons. The van der Waals surface area contributed by atoms with Crippen LogP contribution in [0.1, 0.15) is 33.0 Å². The van der Waals surface area contributed by atoms with E-state index in [4.69, 9.17) is 27.9 Å². The number of aryl methyl sites for hydroxylation is 1. The van der Waals surface area contributed by atoms with E-state index in [1.54, 1.807) is 19.1 Å². The number of hydrogen-bond acceptors (Lipinski definition) is 5. The zero-order valence-corrected chi connectivity index (χ0v) is 16.9. The topological polar surface area (TPSA) is 81.5 Å². The van der Waals surface area contributed by atoms with E-state index >= 15 is 0 Å². The monoisotopic (exact) mass is 428 g/mol. The lowest BCUT2D eigenvalue weighted by Gasteiger charge is -2.38. The highest BCUT2D eigenvalue weighted by molar-refractivity contribution is 7.14. The molecule has 6 nitrogen and oxygen atoms in total. The van der Waals surface area contributed by atoms with Crippen molar-refractivity contribution in [2.75, 3.05) is 19.8 Å². The van der Waals surface area contributed by atoms with E-state index in [0.29, 0.717) is 52.4 Å². The average molecular weight is 429 g/mol. The fourth-order valence-corrected chi connectivity index (χ4v) is 4.84. The number of carbonyl (C=O) groups is 1. The third-order valence-electron chi connectivity index (χ3n) is 4.85. The summed E-state index contributed by atoms with van der Waals surface area (Å²) in [6.45, 7) is 3.13. The molecule has 3 rings (SSSR count). The Morgan fingerprint density at radius 1 is 1.33 bits per heavy atom. The lowest BCUT2D eigenvalue weighted by molar-refractivity contribution is -0.385. The van der Waals surface area contributed by atoms with Gasteiger partial charge in [0.05, 0.1) is 14.7 Å². The summed E-state index contributed by atoms with van der Waals surface area (Å²) in [5, 5.41) is 15.0. The van der Waals surface area contributed by atoms with Gasteiger partial charge in [0.2, 0.25) is 0 Å². The lowest BCUT2D eigenvalue weighted by atomic mass is 9.74. The van der Waals surface area contributed by atoms with Gasteiger partial charge in [0, 0.05) is 41.3 Å². The number of halogens is 2. The van der Waals surface area contributed by atoms with Gasteiger partial charge in [-0.3, -0.25) is 14.9 Å². The van der Waals surface area contributed by atoms with Gasteiger partial charge in [-0.15, -0.1) is 11.3 Å². The molecular formula is C18H18Cl2N2O4S. The molecule has 1 aliphatic heterocycles. The second-order valence-corrected chi connectivity index (χ2v) is 8.61. The van der Waals surface area contributed by atoms with Crippen molar-refractivity contribution in [2.45, 2.75) is 25.2 Å². The van der Waals surface area contributed by atoms with Gasteiger partial charge >= 0.3 is 0 Å². The minimum Gasteiger partial charge on any atom is -0.381 e. The van der Waals surface area contributed by atoms with Gasteiger partial charge in [0.15, 0.2) is 0 Å². The highest BCUT2D eigenvalue weighted by Gasteiger charge is 2.37. The van der Waals surface area contributed by atoms with Crippen LogP contribution >= 0.6 is 34.5 Å². The summed E-state index contributed by atoms with van der Waals surface area (Å²) in [6, 6.07) is 6.70. The second-order valence-electron chi connectivity index (χ2n) is 6.51. The van der Waals surface area contributed by atoms with E-state index in [-0.39, 0.29) is 17.0 Å². The Morgan fingerprint density at radius 2 is 2.04 bits per heavy atom. The number of hydrogen-bond donors (Lipinski definition) is 1. The normalized spacial score (nSPS) is 16.1. The maximum Gasteiger partial charge on any atom is 0.283 e. The van der Waals surface area contributed by atoms with Gasteiger partial charge in [-0.05, 0) is 37.5 Å². The fraction of sp³-hybridized carbons (Fsp3) is 0.389. The quantitative estimate of drug-likeness (QED) is 0.550. The number of nitro groups is 1. The van der Waals surface area contributed by atoms with Crippen LogP contribution in [0.2, 0.25) is 10.0 Å². The lowest BCUT2D eigenvalue weighted by Crippen LogP contribution is -2.44. The molecule has 1 aliphatic rings. The van der Waals surface area contributed by atoms with E-state index < -0.39 is 4.92 Å². The number of nitrogens with zero attached hydrogens (tertiary/aromatic N) is 1. The molecule has 0 bridgehead atoms. The molecule has 1 aromatic carbocycles. The van der Waals surface area contributed by atoms with Crippen molar-refractivity contribution in [3.63, 3.8) is 0 Å². The number of amides is 1. The Labute approximate surface area is 170 Å². The van der Waals surface area contributed by atoms with Crippen molar-refractivity contribution in [2.24, 2.45) is 0 Å². The summed E-state index contributed by atoms with van der Waals surface area (Å²) >= 11 is 13.6. The minimum absolute atomic E-state index is 0.0355. The van der Waals surface area contributed by atoms with Crippen LogP contribution in [0.3, 0.4) is 0 Å². The van der Waals surface area contributed by atoms with E-state index in [1.807, 2.05) is 6.07 Å². The molecule has 0 saturated carbocycles. The Morgan fingerprint density at radius 3 is 2.63 bits per heavy atom. The molecule has 0 atom stereocenters. The van der Waals surface area contributed by atoms with Crippen molar-refractivity contribution >= 4 is 46.1 Å². The maximum absolute atomic E-state index is 12.6. The standard InChI is InChI=1S/C18H18Cl2N2O4S/c1-11-15(22(24)25)9-16(27-11)17(23)21-10-18(4-6-26-7-5-18)13-3-2-12(19)8-14(13)20/h2-3,8-9H,4-7,10H2,1H3,(H,21,23). The van der Waals surface area contributed by atoms with Gasteiger partial charge in [-0.1, -0.05) is 29.3 Å². The van der Waals surface area contributed by atoms with Crippen LogP contribution in [0.5, 0.6) is 0 Å². The van der Waals surface area contributed by atoms with Gasteiger partial charge in [0.1, 0.15) is 0 Å². The van der Waals surface area contributed by atoms with Crippen molar-refractivity contribution in [3.05, 3.63) is 59.7 Å². The first-order valence-electron chi connectivity index (χ1n) is 8.39. The number of nitrogens with one attached hydrogen (secondary N) is 1. The molecule has 2 aromatic rings. The van der Waals surface area contributed by atoms with Gasteiger partial charge in [0.25, 0.3) is 11.6 Å². The summed E-state index contributed by atoms with van der Waals surface area (Å²) in [6.07, 6.45) is 1.41. The van der Waals surface area contributed by atoms with Crippen LogP contribution in [0.15, 0.2) is 24.3 Å². The van der Waals surface area contributed by atoms with Crippen LogP contribution in [0.25, 0.3) is 0 Å². The van der Waals surface area contributed by atoms with Crippen molar-refractivity contribution in [1.82, 2.24) is 5.32 Å². The zero-order chi connectivity index (χ0) is 19.6. The van der Waals surface area contributed by atoms with E-state index in [9.17, 15) is 14.9 Å². The number of ether oxygens (including phenoxy) is 1. The first-order valence-corrected chi connectivity index (χ1v) is 9.96. The molecular weight excluding hydrogens is 411 g/mol. The van der Waals surface area contributed by atoms with Crippen LogP contribution < -0.4 is 5.32 Å². The molecule has 27 heavy (non-hydrogen) atoms. The third-order valence-corrected chi connectivity index (χ3v) is 6.44. The number of benzene rings is 1. The Hall–Kier alpha value is -1.67. The third kappa shape index (κ3) is 4.27. The van der Waals surface area contributed by atoms with E-state index in [2.05, 4.69) is 5.32 Å². The first kappa shape index (κ1) is 20.1. The van der Waals surface area contributed by atoms with E-state index in [0.717, 1.165) is 16.9 Å². The molecule has 1 fully saturated rings. The summed E-state index contributed by atoms with van der Waals surface area (Å²) in [5.74, 6) is -0.327. The predicted molar refractivity (Wildman–Crippen MR) is 106 cm³/mol. The number of rotatable bonds is 5. The highest BCUT2D eigenvalue weighted by atomic mass is 35.5. The molecule has 144 valence electrons. The average Bonchev–Trinajstić information content (AvgIpc) is 3.02. The Bertz CT molecular complexity index is 878. The molecule has 0 aliphatic carbocycles. The van der Waals surface area contributed by atoms with E-state index in [1.165, 1.54) is 6.07 Å². The molecule has 1 amide bonds. The summed E-state index contributed by atoms with van der Waals surface area (Å²) < 4.78 is 5.49. The zero-order valence-electron chi connectivity index (χ0n) is 14.6. The second kappa shape index (κ2) is 8.14. The van der Waals surface area contributed by atoms with Crippen molar-refractivity contribution in [1.29, 1.82) is 0 Å². The highest BCUT2D eigenvalue weighted by Crippen LogP contribution is 2.39. The fourth-order valence-electron chi connectivity index (χ4n) is 3.33. The van der Waals surface area contributed by atoms with Gasteiger partial charge < -0.3 is 10.1 Å². The summed E-state index contributed by atoms with van der Waals surface area (Å²) in [5.41, 5.74) is 0.519. The van der Waals surface area contributed by atoms with Gasteiger partial charge in [-0.25, -0.2) is 0 Å². The number of carbonyl (C=O) groups excluding carboxylic acids is 1. The molecule has 1 N–H and O–H groups in total. The predicted octanol–water partition coefficient (Wildman–Crippen LogP) is 4.75. The largest absolute Gasteiger partial charge is 0.381 e. The number of thiophene rings is 1. The maximum atomic E-state index is 12.6. The summed E-state index contributed by atoms with van der Waals surface area (Å²) in [7, 11) is 0.